The van der Waals surface area contributed by atoms with Gasteiger partial charge in [0.15, 0.2) is 0 Å². The molecule has 1 aromatic heterocycles. The van der Waals surface area contributed by atoms with E-state index in [0.717, 1.165) is 50.5 Å². The van der Waals surface area contributed by atoms with E-state index in [2.05, 4.69) is 66.1 Å². The summed E-state index contributed by atoms with van der Waals surface area (Å²) < 4.78 is 5.82. The molecule has 0 unspecified atom stereocenters. The van der Waals surface area contributed by atoms with Crippen molar-refractivity contribution in [2.24, 2.45) is 0 Å². The quantitative estimate of drug-likeness (QED) is 0.737. The highest BCUT2D eigenvalue weighted by Crippen LogP contribution is 2.29. The molecule has 0 N–H and O–H groups in total. The molecule has 1 aromatic carbocycles. The molecule has 25 heavy (non-hydrogen) atoms. The van der Waals surface area contributed by atoms with Crippen molar-refractivity contribution >= 4 is 0 Å². The van der Waals surface area contributed by atoms with Gasteiger partial charge < -0.3 is 9.64 Å². The molecule has 2 aromatic rings. The van der Waals surface area contributed by atoms with E-state index < -0.39 is 0 Å². The monoisotopic (exact) mass is 339 g/mol. The number of nitrogens with zero attached hydrogens (tertiary/aromatic N) is 3. The number of ether oxygens (including phenoxy) is 1. The van der Waals surface area contributed by atoms with Crippen molar-refractivity contribution in [3.8, 4) is 5.75 Å². The van der Waals surface area contributed by atoms with E-state index in [4.69, 9.17) is 4.74 Å². The van der Waals surface area contributed by atoms with E-state index in [1.165, 1.54) is 11.1 Å². The van der Waals surface area contributed by atoms with Crippen LogP contribution < -0.4 is 4.74 Å². The first kappa shape index (κ1) is 17.9. The third kappa shape index (κ3) is 5.28. The molecule has 0 bridgehead atoms. The Morgan fingerprint density at radius 1 is 1.12 bits per heavy atom. The third-order valence-electron chi connectivity index (χ3n) is 4.56. The zero-order valence-electron chi connectivity index (χ0n) is 15.6. The number of aromatic nitrogens is 1. The summed E-state index contributed by atoms with van der Waals surface area (Å²) in [5, 5.41) is 0. The topological polar surface area (TPSA) is 28.6 Å². The first-order valence-electron chi connectivity index (χ1n) is 9.15. The minimum absolute atomic E-state index is 0.301. The minimum atomic E-state index is 0.301. The number of benzene rings is 1. The SMILES string of the molecule is C[C@H]1Cc2cc(CN(CCCN(C)C)Cc3ccccn3)ccc2O1. The second kappa shape index (κ2) is 8.45. The maximum Gasteiger partial charge on any atom is 0.123 e. The normalized spacial score (nSPS) is 16.3. The first-order chi connectivity index (χ1) is 12.1. The van der Waals surface area contributed by atoms with E-state index in [9.17, 15) is 0 Å². The Bertz CT molecular complexity index is 672. The Hall–Kier alpha value is -1.91. The maximum absolute atomic E-state index is 5.82. The number of hydrogen-bond donors (Lipinski definition) is 0. The van der Waals surface area contributed by atoms with Gasteiger partial charge >= 0.3 is 0 Å². The van der Waals surface area contributed by atoms with Gasteiger partial charge in [0.05, 0.1) is 5.69 Å². The smallest absolute Gasteiger partial charge is 0.123 e. The summed E-state index contributed by atoms with van der Waals surface area (Å²) in [6.45, 7) is 6.14. The number of fused-ring (bicyclic) bond motifs is 1. The van der Waals surface area contributed by atoms with Crippen LogP contribution in [0.2, 0.25) is 0 Å². The van der Waals surface area contributed by atoms with Crippen LogP contribution in [-0.4, -0.2) is 48.1 Å². The van der Waals surface area contributed by atoms with Crippen LogP contribution in [0.4, 0.5) is 0 Å². The first-order valence-corrected chi connectivity index (χ1v) is 9.15. The molecule has 0 aliphatic carbocycles. The van der Waals surface area contributed by atoms with Crippen LogP contribution in [0.3, 0.4) is 0 Å². The summed E-state index contributed by atoms with van der Waals surface area (Å²) in [4.78, 5) is 9.24. The van der Waals surface area contributed by atoms with E-state index in [0.29, 0.717) is 6.10 Å². The summed E-state index contributed by atoms with van der Waals surface area (Å²) >= 11 is 0. The average Bonchev–Trinajstić information content (AvgIpc) is 2.94. The van der Waals surface area contributed by atoms with Crippen molar-refractivity contribution in [1.29, 1.82) is 0 Å². The van der Waals surface area contributed by atoms with E-state index in [1.807, 2.05) is 12.3 Å². The van der Waals surface area contributed by atoms with E-state index in [1.54, 1.807) is 0 Å². The Balaban J connectivity index is 1.67. The van der Waals surface area contributed by atoms with Gasteiger partial charge in [0, 0.05) is 32.3 Å². The third-order valence-corrected chi connectivity index (χ3v) is 4.56. The molecule has 1 atom stereocenters. The fourth-order valence-electron chi connectivity index (χ4n) is 3.38. The van der Waals surface area contributed by atoms with Crippen LogP contribution in [0.25, 0.3) is 0 Å². The summed E-state index contributed by atoms with van der Waals surface area (Å²) in [6.07, 6.45) is 4.35. The second-order valence-electron chi connectivity index (χ2n) is 7.26. The highest BCUT2D eigenvalue weighted by molar-refractivity contribution is 5.40. The Kier molecular flexibility index (Phi) is 6.05. The van der Waals surface area contributed by atoms with Crippen LogP contribution in [0, 0.1) is 0 Å². The van der Waals surface area contributed by atoms with Crippen LogP contribution >= 0.6 is 0 Å². The molecule has 0 fully saturated rings. The van der Waals surface area contributed by atoms with Crippen molar-refractivity contribution in [1.82, 2.24) is 14.8 Å². The molecule has 2 heterocycles. The molecule has 4 heteroatoms. The van der Waals surface area contributed by atoms with Gasteiger partial charge in [-0.1, -0.05) is 18.2 Å². The van der Waals surface area contributed by atoms with Crippen LogP contribution in [0.1, 0.15) is 30.2 Å². The molecule has 0 spiro atoms. The zero-order chi connectivity index (χ0) is 17.6. The predicted molar refractivity (Wildman–Crippen MR) is 102 cm³/mol. The fraction of sp³-hybridized carbons (Fsp3) is 0.476. The van der Waals surface area contributed by atoms with E-state index in [-0.39, 0.29) is 0 Å². The molecule has 0 saturated carbocycles. The van der Waals surface area contributed by atoms with Gasteiger partial charge in [0.1, 0.15) is 11.9 Å². The van der Waals surface area contributed by atoms with E-state index >= 15 is 0 Å². The Labute approximate surface area is 151 Å². The lowest BCUT2D eigenvalue weighted by atomic mass is 10.1. The molecular weight excluding hydrogens is 310 g/mol. The molecule has 4 nitrogen and oxygen atoms in total. The predicted octanol–water partition coefficient (Wildman–Crippen LogP) is 3.36. The molecule has 1 aliphatic heterocycles. The zero-order valence-corrected chi connectivity index (χ0v) is 15.6. The van der Waals surface area contributed by atoms with Gasteiger partial charge in [-0.25, -0.2) is 0 Å². The molecule has 0 saturated heterocycles. The molecule has 0 radical (unpaired) electrons. The standard InChI is InChI=1S/C21H29N3O/c1-17-13-19-14-18(8-9-21(19)25-17)15-24(12-6-11-23(2)3)16-20-7-4-5-10-22-20/h4-5,7-10,14,17H,6,11-13,15-16H2,1-3H3/t17-/m0/s1. The fourth-order valence-corrected chi connectivity index (χ4v) is 3.38. The lowest BCUT2D eigenvalue weighted by molar-refractivity contribution is 0.237. The van der Waals surface area contributed by atoms with Crippen molar-refractivity contribution in [3.05, 3.63) is 59.4 Å². The van der Waals surface area contributed by atoms with Crippen molar-refractivity contribution in [2.45, 2.75) is 39.0 Å². The van der Waals surface area contributed by atoms with Gasteiger partial charge in [0.2, 0.25) is 0 Å². The summed E-state index contributed by atoms with van der Waals surface area (Å²) in [5.41, 5.74) is 3.83. The largest absolute Gasteiger partial charge is 0.490 e. The molecule has 134 valence electrons. The Morgan fingerprint density at radius 3 is 2.76 bits per heavy atom. The number of rotatable bonds is 8. The highest BCUT2D eigenvalue weighted by Gasteiger charge is 2.19. The van der Waals surface area contributed by atoms with Gasteiger partial charge in [-0.05, 0) is 63.3 Å². The number of pyridine rings is 1. The summed E-state index contributed by atoms with van der Waals surface area (Å²) in [5.74, 6) is 1.06. The number of hydrogen-bond acceptors (Lipinski definition) is 4. The van der Waals surface area contributed by atoms with Gasteiger partial charge in [-0.2, -0.15) is 0 Å². The lowest BCUT2D eigenvalue weighted by Crippen LogP contribution is -2.27. The second-order valence-corrected chi connectivity index (χ2v) is 7.26. The van der Waals surface area contributed by atoms with Crippen LogP contribution in [-0.2, 0) is 19.5 Å². The van der Waals surface area contributed by atoms with Gasteiger partial charge in [-0.15, -0.1) is 0 Å². The summed E-state index contributed by atoms with van der Waals surface area (Å²) in [6, 6.07) is 12.8. The summed E-state index contributed by atoms with van der Waals surface area (Å²) in [7, 11) is 4.26. The van der Waals surface area contributed by atoms with Crippen molar-refractivity contribution in [3.63, 3.8) is 0 Å². The lowest BCUT2D eigenvalue weighted by Gasteiger charge is -2.23. The van der Waals surface area contributed by atoms with Gasteiger partial charge in [-0.3, -0.25) is 9.88 Å². The van der Waals surface area contributed by atoms with Gasteiger partial charge in [0.25, 0.3) is 0 Å². The highest BCUT2D eigenvalue weighted by atomic mass is 16.5. The molecule has 1 aliphatic rings. The molecular formula is C21H29N3O. The average molecular weight is 339 g/mol. The maximum atomic E-state index is 5.82. The van der Waals surface area contributed by atoms with Crippen LogP contribution in [0.15, 0.2) is 42.6 Å². The van der Waals surface area contributed by atoms with Crippen molar-refractivity contribution < 1.29 is 4.74 Å². The Morgan fingerprint density at radius 2 is 2.00 bits per heavy atom. The molecule has 3 rings (SSSR count). The molecule has 0 amide bonds. The van der Waals surface area contributed by atoms with Crippen LogP contribution in [0.5, 0.6) is 5.75 Å². The van der Waals surface area contributed by atoms with Crippen molar-refractivity contribution in [2.75, 3.05) is 27.2 Å². The minimum Gasteiger partial charge on any atom is -0.490 e.